The lowest BCUT2D eigenvalue weighted by molar-refractivity contribution is -0.125. The van der Waals surface area contributed by atoms with Crippen LogP contribution in [0, 0.1) is 11.3 Å². The van der Waals surface area contributed by atoms with Crippen LogP contribution in [-0.2, 0) is 11.3 Å². The van der Waals surface area contributed by atoms with Crippen molar-refractivity contribution in [2.75, 3.05) is 20.1 Å². The fourth-order valence-corrected chi connectivity index (χ4v) is 2.75. The van der Waals surface area contributed by atoms with E-state index in [0.717, 1.165) is 32.5 Å². The molecule has 1 amide bonds. The number of piperidine rings is 1. The summed E-state index contributed by atoms with van der Waals surface area (Å²) in [5, 5.41) is 20.2. The van der Waals surface area contributed by atoms with Crippen molar-refractivity contribution in [3.63, 3.8) is 0 Å². The van der Waals surface area contributed by atoms with E-state index >= 15 is 0 Å². The van der Waals surface area contributed by atoms with Gasteiger partial charge in [-0.25, -0.2) is 0 Å². The lowest BCUT2D eigenvalue weighted by Crippen LogP contribution is -2.47. The van der Waals surface area contributed by atoms with Gasteiger partial charge in [0, 0.05) is 32.7 Å². The van der Waals surface area contributed by atoms with Crippen LogP contribution in [0.4, 0.5) is 0 Å². The Morgan fingerprint density at radius 2 is 2.05 bits per heavy atom. The second-order valence-corrected chi connectivity index (χ2v) is 5.47. The second kappa shape index (κ2) is 7.57. The minimum atomic E-state index is -0.522. The average molecular weight is 300 g/mol. The summed E-state index contributed by atoms with van der Waals surface area (Å²) < 4.78 is 0. The predicted molar refractivity (Wildman–Crippen MR) is 82.3 cm³/mol. The van der Waals surface area contributed by atoms with Gasteiger partial charge in [0.05, 0.1) is 0 Å². The normalized spacial score (nSPS) is 17.0. The van der Waals surface area contributed by atoms with Crippen LogP contribution in [0.15, 0.2) is 35.5 Å². The molecule has 6 nitrogen and oxygen atoms in total. The van der Waals surface area contributed by atoms with Crippen molar-refractivity contribution in [1.82, 2.24) is 9.80 Å². The summed E-state index contributed by atoms with van der Waals surface area (Å²) in [6.07, 6.45) is 1.69. The molecule has 1 saturated heterocycles. The van der Waals surface area contributed by atoms with Crippen molar-refractivity contribution < 1.29 is 10.0 Å². The maximum absolute atomic E-state index is 12.0. The topological polar surface area (TPSA) is 79.9 Å². The van der Waals surface area contributed by atoms with Crippen LogP contribution in [0.1, 0.15) is 18.4 Å². The summed E-state index contributed by atoms with van der Waals surface area (Å²) in [4.78, 5) is 15.8. The molecule has 1 aromatic carbocycles. The highest BCUT2D eigenvalue weighted by Crippen LogP contribution is 2.17. The molecule has 0 radical (unpaired) electrons. The Balaban J connectivity index is 1.87. The van der Waals surface area contributed by atoms with Gasteiger partial charge >= 0.3 is 0 Å². The molecule has 116 valence electrons. The van der Waals surface area contributed by atoms with Gasteiger partial charge in [0.25, 0.3) is 5.91 Å². The Bertz CT molecular complexity index is 572. The number of rotatable bonds is 4. The Morgan fingerprint density at radius 3 is 2.59 bits per heavy atom. The smallest absolute Gasteiger partial charge is 0.286 e. The molecule has 1 fully saturated rings. The second-order valence-electron chi connectivity index (χ2n) is 5.47. The van der Waals surface area contributed by atoms with Crippen LogP contribution in [-0.4, -0.2) is 52.8 Å². The largest absolute Gasteiger partial charge is 0.410 e. The van der Waals surface area contributed by atoms with Gasteiger partial charge in [-0.1, -0.05) is 35.5 Å². The molecule has 0 bridgehead atoms. The molecule has 0 spiro atoms. The molecule has 0 atom stereocenters. The van der Waals surface area contributed by atoms with Gasteiger partial charge in [0.1, 0.15) is 6.07 Å². The molecule has 0 aliphatic carbocycles. The zero-order valence-electron chi connectivity index (χ0n) is 12.6. The lowest BCUT2D eigenvalue weighted by Gasteiger charge is -2.36. The number of carbonyl (C=O) groups excluding carboxylic acids is 1. The SMILES string of the molecule is CN(C(=O)C(C#N)=NO)C1CCN(Cc2ccccc2)CC1. The van der Waals surface area contributed by atoms with E-state index < -0.39 is 11.6 Å². The lowest BCUT2D eigenvalue weighted by atomic mass is 10.0. The average Bonchev–Trinajstić information content (AvgIpc) is 2.57. The van der Waals surface area contributed by atoms with Crippen molar-refractivity contribution in [2.24, 2.45) is 5.16 Å². The molecule has 0 saturated carbocycles. The Morgan fingerprint density at radius 1 is 1.41 bits per heavy atom. The van der Waals surface area contributed by atoms with Crippen LogP contribution in [0.2, 0.25) is 0 Å². The maximum atomic E-state index is 12.0. The van der Waals surface area contributed by atoms with Crippen molar-refractivity contribution in [3.8, 4) is 6.07 Å². The molecular weight excluding hydrogens is 280 g/mol. The Hall–Kier alpha value is -2.39. The first-order valence-electron chi connectivity index (χ1n) is 7.31. The Kier molecular flexibility index (Phi) is 5.50. The van der Waals surface area contributed by atoms with Gasteiger partial charge < -0.3 is 10.1 Å². The minimum Gasteiger partial charge on any atom is -0.410 e. The van der Waals surface area contributed by atoms with Crippen molar-refractivity contribution in [1.29, 1.82) is 5.26 Å². The number of carbonyl (C=O) groups is 1. The molecule has 1 heterocycles. The summed E-state index contributed by atoms with van der Waals surface area (Å²) in [5.74, 6) is -0.522. The molecule has 22 heavy (non-hydrogen) atoms. The fraction of sp³-hybridized carbons (Fsp3) is 0.438. The predicted octanol–water partition coefficient (Wildman–Crippen LogP) is 1.46. The number of hydrogen-bond donors (Lipinski definition) is 1. The Labute approximate surface area is 130 Å². The monoisotopic (exact) mass is 300 g/mol. The number of nitrogens with zero attached hydrogens (tertiary/aromatic N) is 4. The minimum absolute atomic E-state index is 0.0737. The number of nitriles is 1. The van der Waals surface area contributed by atoms with Crippen molar-refractivity contribution in [3.05, 3.63) is 35.9 Å². The van der Waals surface area contributed by atoms with Crippen LogP contribution in [0.25, 0.3) is 0 Å². The number of oxime groups is 1. The number of likely N-dealkylation sites (tertiary alicyclic amines) is 1. The molecule has 1 aliphatic heterocycles. The van der Waals surface area contributed by atoms with Gasteiger partial charge in [-0.05, 0) is 18.4 Å². The maximum Gasteiger partial charge on any atom is 0.286 e. The molecule has 2 rings (SSSR count). The highest BCUT2D eigenvalue weighted by Gasteiger charge is 2.27. The summed E-state index contributed by atoms with van der Waals surface area (Å²) in [5.41, 5.74) is 0.818. The molecule has 0 aromatic heterocycles. The van der Waals surface area contributed by atoms with Gasteiger partial charge in [0.15, 0.2) is 0 Å². The van der Waals surface area contributed by atoms with Gasteiger partial charge in [0.2, 0.25) is 5.71 Å². The van der Waals surface area contributed by atoms with Gasteiger partial charge in [-0.15, -0.1) is 0 Å². The van der Waals surface area contributed by atoms with E-state index in [-0.39, 0.29) is 6.04 Å². The third-order valence-corrected chi connectivity index (χ3v) is 4.08. The summed E-state index contributed by atoms with van der Waals surface area (Å²) in [6, 6.07) is 12.0. The molecular formula is C16H20N4O2. The molecule has 0 unspecified atom stereocenters. The highest BCUT2D eigenvalue weighted by molar-refractivity contribution is 6.44. The van der Waals surface area contributed by atoms with Crippen LogP contribution in [0.3, 0.4) is 0 Å². The summed E-state index contributed by atoms with van der Waals surface area (Å²) in [7, 11) is 1.66. The van der Waals surface area contributed by atoms with E-state index in [1.165, 1.54) is 10.5 Å². The molecule has 1 aliphatic rings. The third kappa shape index (κ3) is 3.83. The summed E-state index contributed by atoms with van der Waals surface area (Å²) >= 11 is 0. The molecule has 1 N–H and O–H groups in total. The van der Waals surface area contributed by atoms with E-state index in [4.69, 9.17) is 10.5 Å². The van der Waals surface area contributed by atoms with Crippen LogP contribution < -0.4 is 0 Å². The molecule has 1 aromatic rings. The first-order chi connectivity index (χ1) is 10.7. The third-order valence-electron chi connectivity index (χ3n) is 4.08. The quantitative estimate of drug-likeness (QED) is 0.518. The van der Waals surface area contributed by atoms with E-state index in [9.17, 15) is 4.79 Å². The van der Waals surface area contributed by atoms with Crippen LogP contribution in [0.5, 0.6) is 0 Å². The van der Waals surface area contributed by atoms with E-state index in [1.807, 2.05) is 18.2 Å². The number of hydrogen-bond acceptors (Lipinski definition) is 5. The van der Waals surface area contributed by atoms with E-state index in [0.29, 0.717) is 0 Å². The standard InChI is InChI=1S/C16H20N4O2/c1-19(16(21)15(11-17)18-22)14-7-9-20(10-8-14)12-13-5-3-2-4-6-13/h2-6,14,22H,7-10,12H2,1H3. The number of benzene rings is 1. The first-order valence-corrected chi connectivity index (χ1v) is 7.31. The summed E-state index contributed by atoms with van der Waals surface area (Å²) in [6.45, 7) is 2.71. The van der Waals surface area contributed by atoms with Gasteiger partial charge in [-0.2, -0.15) is 5.26 Å². The number of amides is 1. The zero-order chi connectivity index (χ0) is 15.9. The van der Waals surface area contributed by atoms with E-state index in [2.05, 4.69) is 22.2 Å². The first kappa shape index (κ1) is 16.0. The van der Waals surface area contributed by atoms with Crippen molar-refractivity contribution in [2.45, 2.75) is 25.4 Å². The zero-order valence-corrected chi connectivity index (χ0v) is 12.6. The van der Waals surface area contributed by atoms with Crippen molar-refractivity contribution >= 4 is 11.6 Å². The molecule has 6 heteroatoms. The highest BCUT2D eigenvalue weighted by atomic mass is 16.4. The van der Waals surface area contributed by atoms with Gasteiger partial charge in [-0.3, -0.25) is 9.69 Å². The fourth-order valence-electron chi connectivity index (χ4n) is 2.75. The van der Waals surface area contributed by atoms with Crippen LogP contribution >= 0.6 is 0 Å². The van der Waals surface area contributed by atoms with E-state index in [1.54, 1.807) is 13.1 Å².